The van der Waals surface area contributed by atoms with Gasteiger partial charge in [-0.15, -0.1) is 0 Å². The molecule has 0 aliphatic carbocycles. The summed E-state index contributed by atoms with van der Waals surface area (Å²) in [4.78, 5) is 13.3. The van der Waals surface area contributed by atoms with Gasteiger partial charge < -0.3 is 20.5 Å². The van der Waals surface area contributed by atoms with Crippen molar-refractivity contribution in [1.82, 2.24) is 4.90 Å². The number of piperidine rings is 1. The first-order valence-electron chi connectivity index (χ1n) is 8.27. The van der Waals surface area contributed by atoms with E-state index >= 15 is 0 Å². The van der Waals surface area contributed by atoms with Crippen molar-refractivity contribution >= 4 is 5.91 Å². The van der Waals surface area contributed by atoms with Crippen molar-refractivity contribution in [3.63, 3.8) is 0 Å². The minimum absolute atomic E-state index is 0.0164. The molecule has 1 unspecified atom stereocenters. The summed E-state index contributed by atoms with van der Waals surface area (Å²) in [5.74, 6) is 0.646. The molecule has 128 valence electrons. The summed E-state index contributed by atoms with van der Waals surface area (Å²) in [6.45, 7) is 8.55. The number of benzene rings is 1. The highest BCUT2D eigenvalue weighted by Crippen LogP contribution is 2.26. The fourth-order valence-corrected chi connectivity index (χ4v) is 3.08. The zero-order chi connectivity index (χ0) is 17.0. The highest BCUT2D eigenvalue weighted by molar-refractivity contribution is 5.76. The summed E-state index contributed by atoms with van der Waals surface area (Å²) in [6.07, 6.45) is 1.01. The number of carbonyl (C=O) groups excluding carboxylic acids is 1. The van der Waals surface area contributed by atoms with Gasteiger partial charge in [0.1, 0.15) is 18.5 Å². The van der Waals surface area contributed by atoms with Crippen molar-refractivity contribution in [2.75, 3.05) is 26.2 Å². The van der Waals surface area contributed by atoms with E-state index in [1.165, 1.54) is 5.56 Å². The molecule has 1 aliphatic rings. The number of aryl methyl sites for hydroxylation is 2. The lowest BCUT2D eigenvalue weighted by molar-refractivity contribution is -0.123. The molecule has 5 heteroatoms. The fourth-order valence-electron chi connectivity index (χ4n) is 3.08. The van der Waals surface area contributed by atoms with Crippen molar-refractivity contribution in [3.8, 4) is 5.75 Å². The maximum absolute atomic E-state index is 11.2. The SMILES string of the molecule is Cc1ccc(C)c(OCC(O)CN2CCC(C(N)=O)CC2)c1C. The number of hydrogen-bond donors (Lipinski definition) is 2. The van der Waals surface area contributed by atoms with Gasteiger partial charge in [-0.2, -0.15) is 0 Å². The Morgan fingerprint density at radius 1 is 1.30 bits per heavy atom. The van der Waals surface area contributed by atoms with Crippen LogP contribution < -0.4 is 10.5 Å². The Labute approximate surface area is 138 Å². The highest BCUT2D eigenvalue weighted by Gasteiger charge is 2.24. The summed E-state index contributed by atoms with van der Waals surface area (Å²) in [5, 5.41) is 10.2. The van der Waals surface area contributed by atoms with Gasteiger partial charge in [-0.25, -0.2) is 0 Å². The van der Waals surface area contributed by atoms with E-state index < -0.39 is 6.10 Å². The van der Waals surface area contributed by atoms with Crippen LogP contribution in [0.4, 0.5) is 0 Å². The number of rotatable bonds is 6. The van der Waals surface area contributed by atoms with Crippen LogP contribution >= 0.6 is 0 Å². The number of primary amides is 1. The Kier molecular flexibility index (Phi) is 6.02. The van der Waals surface area contributed by atoms with Crippen LogP contribution in [0.2, 0.25) is 0 Å². The molecule has 1 aromatic carbocycles. The standard InChI is InChI=1S/C18H28N2O3/c1-12-4-5-13(2)17(14(12)3)23-11-16(21)10-20-8-6-15(7-9-20)18(19)22/h4-5,15-16,21H,6-11H2,1-3H3,(H2,19,22). The predicted molar refractivity (Wildman–Crippen MR) is 90.5 cm³/mol. The van der Waals surface area contributed by atoms with Crippen LogP contribution in [-0.4, -0.2) is 48.3 Å². The Hall–Kier alpha value is -1.59. The monoisotopic (exact) mass is 320 g/mol. The molecule has 0 spiro atoms. The molecule has 1 aliphatic heterocycles. The van der Waals surface area contributed by atoms with Crippen LogP contribution in [0.3, 0.4) is 0 Å². The van der Waals surface area contributed by atoms with Crippen LogP contribution in [0, 0.1) is 26.7 Å². The van der Waals surface area contributed by atoms with Crippen molar-refractivity contribution in [2.45, 2.75) is 39.7 Å². The Morgan fingerprint density at radius 2 is 1.91 bits per heavy atom. The Balaban J connectivity index is 1.81. The first kappa shape index (κ1) is 17.8. The van der Waals surface area contributed by atoms with Crippen molar-refractivity contribution < 1.29 is 14.6 Å². The molecule has 1 fully saturated rings. The number of nitrogens with two attached hydrogens (primary N) is 1. The second-order valence-corrected chi connectivity index (χ2v) is 6.60. The van der Waals surface area contributed by atoms with Gasteiger partial charge in [-0.3, -0.25) is 4.79 Å². The number of hydrogen-bond acceptors (Lipinski definition) is 4. The first-order chi connectivity index (χ1) is 10.9. The molecular formula is C18H28N2O3. The molecule has 2 rings (SSSR count). The molecular weight excluding hydrogens is 292 g/mol. The van der Waals surface area contributed by atoms with Crippen molar-refractivity contribution in [3.05, 3.63) is 28.8 Å². The molecule has 1 aromatic rings. The maximum Gasteiger partial charge on any atom is 0.220 e. The quantitative estimate of drug-likeness (QED) is 0.834. The number of amides is 1. The lowest BCUT2D eigenvalue weighted by atomic mass is 9.96. The summed E-state index contributed by atoms with van der Waals surface area (Å²) < 4.78 is 5.86. The highest BCUT2D eigenvalue weighted by atomic mass is 16.5. The van der Waals surface area contributed by atoms with E-state index in [-0.39, 0.29) is 18.4 Å². The topological polar surface area (TPSA) is 75.8 Å². The molecule has 0 aromatic heterocycles. The van der Waals surface area contributed by atoms with Gasteiger partial charge >= 0.3 is 0 Å². The van der Waals surface area contributed by atoms with E-state index in [1.54, 1.807) is 0 Å². The average Bonchev–Trinajstić information content (AvgIpc) is 2.51. The molecule has 5 nitrogen and oxygen atoms in total. The molecule has 3 N–H and O–H groups in total. The molecule has 0 bridgehead atoms. The van der Waals surface area contributed by atoms with Gasteiger partial charge in [0.25, 0.3) is 0 Å². The Bertz CT molecular complexity index is 551. The minimum atomic E-state index is -0.542. The van der Waals surface area contributed by atoms with E-state index in [0.717, 1.165) is 42.8 Å². The van der Waals surface area contributed by atoms with Crippen molar-refractivity contribution in [2.24, 2.45) is 11.7 Å². The third-order valence-electron chi connectivity index (χ3n) is 4.75. The number of likely N-dealkylation sites (tertiary alicyclic amines) is 1. The predicted octanol–water partition coefficient (Wildman–Crippen LogP) is 1.55. The van der Waals surface area contributed by atoms with E-state index in [2.05, 4.69) is 17.9 Å². The lowest BCUT2D eigenvalue weighted by Gasteiger charge is -2.31. The van der Waals surface area contributed by atoms with Gasteiger partial charge in [-0.05, 0) is 63.4 Å². The smallest absolute Gasteiger partial charge is 0.220 e. The van der Waals surface area contributed by atoms with E-state index in [4.69, 9.17) is 10.5 Å². The van der Waals surface area contributed by atoms with Gasteiger partial charge in [-0.1, -0.05) is 12.1 Å². The molecule has 0 radical (unpaired) electrons. The zero-order valence-electron chi connectivity index (χ0n) is 14.3. The second-order valence-electron chi connectivity index (χ2n) is 6.60. The molecule has 23 heavy (non-hydrogen) atoms. The normalized spacial score (nSPS) is 17.9. The van der Waals surface area contributed by atoms with Crippen molar-refractivity contribution in [1.29, 1.82) is 0 Å². The van der Waals surface area contributed by atoms with Gasteiger partial charge in [0.2, 0.25) is 5.91 Å². The molecule has 1 heterocycles. The van der Waals surface area contributed by atoms with E-state index in [0.29, 0.717) is 6.54 Å². The largest absolute Gasteiger partial charge is 0.490 e. The molecule has 1 amide bonds. The minimum Gasteiger partial charge on any atom is -0.490 e. The second kappa shape index (κ2) is 7.79. The summed E-state index contributed by atoms with van der Waals surface area (Å²) in [5.41, 5.74) is 8.74. The van der Waals surface area contributed by atoms with Crippen LogP contribution in [0.25, 0.3) is 0 Å². The van der Waals surface area contributed by atoms with E-state index in [9.17, 15) is 9.90 Å². The summed E-state index contributed by atoms with van der Waals surface area (Å²) in [6, 6.07) is 4.12. The number of carbonyl (C=O) groups is 1. The zero-order valence-corrected chi connectivity index (χ0v) is 14.3. The van der Waals surface area contributed by atoms with Gasteiger partial charge in [0.05, 0.1) is 0 Å². The number of ether oxygens (including phenoxy) is 1. The number of β-amino-alcohol motifs (C(OH)–C–C–N with tert-alkyl or cyclic N) is 1. The lowest BCUT2D eigenvalue weighted by Crippen LogP contribution is -2.43. The van der Waals surface area contributed by atoms with Gasteiger partial charge in [0, 0.05) is 12.5 Å². The van der Waals surface area contributed by atoms with Crippen LogP contribution in [0.5, 0.6) is 5.75 Å². The van der Waals surface area contributed by atoms with Crippen LogP contribution in [-0.2, 0) is 4.79 Å². The van der Waals surface area contributed by atoms with E-state index in [1.807, 2.05) is 19.9 Å². The van der Waals surface area contributed by atoms with Crippen LogP contribution in [0.1, 0.15) is 29.5 Å². The maximum atomic E-state index is 11.2. The van der Waals surface area contributed by atoms with Gasteiger partial charge in [0.15, 0.2) is 0 Å². The molecule has 1 atom stereocenters. The van der Waals surface area contributed by atoms with Crippen LogP contribution in [0.15, 0.2) is 12.1 Å². The average molecular weight is 320 g/mol. The number of nitrogens with zero attached hydrogens (tertiary/aromatic N) is 1. The first-order valence-corrected chi connectivity index (χ1v) is 8.27. The number of aliphatic hydroxyl groups is 1. The third kappa shape index (κ3) is 4.69. The molecule has 1 saturated heterocycles. The molecule has 0 saturated carbocycles. The summed E-state index contributed by atoms with van der Waals surface area (Å²) >= 11 is 0. The number of aliphatic hydroxyl groups excluding tert-OH is 1. The Morgan fingerprint density at radius 3 is 2.52 bits per heavy atom. The third-order valence-corrected chi connectivity index (χ3v) is 4.75. The fraction of sp³-hybridized carbons (Fsp3) is 0.611. The summed E-state index contributed by atoms with van der Waals surface area (Å²) in [7, 11) is 0.